The van der Waals surface area contributed by atoms with Crippen LogP contribution in [-0.4, -0.2) is 82.8 Å². The van der Waals surface area contributed by atoms with E-state index < -0.39 is 23.7 Å². The summed E-state index contributed by atoms with van der Waals surface area (Å²) in [5.74, 6) is -0.0535. The zero-order valence-electron chi connectivity index (χ0n) is 30.8. The Bertz CT molecular complexity index is 1170. The van der Waals surface area contributed by atoms with Gasteiger partial charge in [-0.05, 0) is 83.6 Å². The number of ether oxygens (including phenoxy) is 1. The Hall–Kier alpha value is -3.07. The smallest absolute Gasteiger partial charge is 0.410 e. The van der Waals surface area contributed by atoms with Crippen molar-refractivity contribution in [2.24, 2.45) is 17.8 Å². The first kappa shape index (κ1) is 39.4. The zero-order chi connectivity index (χ0) is 35.4. The van der Waals surface area contributed by atoms with Gasteiger partial charge in [-0.15, -0.1) is 0 Å². The summed E-state index contributed by atoms with van der Waals surface area (Å²) in [7, 11) is 1.80. The molecule has 1 aromatic carbocycles. The molecule has 1 aliphatic heterocycles. The number of aliphatic hydroxyl groups excluding tert-OH is 1. The average Bonchev–Trinajstić information content (AvgIpc) is 3.03. The minimum absolute atomic E-state index is 0.0765. The van der Waals surface area contributed by atoms with Crippen molar-refractivity contribution in [3.8, 4) is 0 Å². The van der Waals surface area contributed by atoms with Gasteiger partial charge in [0.25, 0.3) is 0 Å². The van der Waals surface area contributed by atoms with Gasteiger partial charge in [0.05, 0.1) is 12.1 Å². The van der Waals surface area contributed by atoms with Crippen LogP contribution in [0, 0.1) is 17.8 Å². The van der Waals surface area contributed by atoms with Gasteiger partial charge >= 0.3 is 6.09 Å². The lowest BCUT2D eigenvalue weighted by atomic mass is 9.82. The molecule has 0 radical (unpaired) electrons. The van der Waals surface area contributed by atoms with Crippen LogP contribution in [0.3, 0.4) is 0 Å². The van der Waals surface area contributed by atoms with Crippen LogP contribution in [0.2, 0.25) is 0 Å². The third-order valence-electron chi connectivity index (χ3n) is 9.89. The molecule has 2 fully saturated rings. The maximum Gasteiger partial charge on any atom is 0.410 e. The predicted octanol–water partition coefficient (Wildman–Crippen LogP) is 6.45. The van der Waals surface area contributed by atoms with Gasteiger partial charge in [-0.3, -0.25) is 9.59 Å². The third kappa shape index (κ3) is 13.1. The number of aliphatic hydroxyl groups is 1. The Balaban J connectivity index is 1.62. The molecule has 1 aliphatic carbocycles. The zero-order valence-corrected chi connectivity index (χ0v) is 30.8. The second-order valence-electron chi connectivity index (χ2n) is 15.7. The van der Waals surface area contributed by atoms with Crippen LogP contribution >= 0.6 is 0 Å². The maximum absolute atomic E-state index is 13.8. The summed E-state index contributed by atoms with van der Waals surface area (Å²) in [6, 6.07) is 8.92. The Morgan fingerprint density at radius 3 is 2.19 bits per heavy atom. The molecule has 48 heavy (non-hydrogen) atoms. The fraction of sp³-hybridized carbons (Fsp3) is 0.718. The maximum atomic E-state index is 13.8. The standard InChI is InChI=1S/C39H64N4O5/c1-27(2)23-35(44)34(26-31-17-13-10-14-18-31)41-36(45)29(4)40-37(46)32(25-30-15-11-9-12-16-30)24-28(3)43-21-19-33(20-22-43)42(8)38(47)48-39(5,6)7/h9,11-12,15-16,27,29,31-35,44H,3,10,13-14,17-26H2,1-2,4-8H3,(H,40,46)(H,41,45)/t29-,32?,34?,35-/m0/s1. The summed E-state index contributed by atoms with van der Waals surface area (Å²) in [6.07, 6.45) is 8.92. The van der Waals surface area contributed by atoms with Crippen LogP contribution < -0.4 is 10.6 Å². The van der Waals surface area contributed by atoms with E-state index in [2.05, 4.69) is 36.0 Å². The molecule has 1 saturated heterocycles. The number of carbonyl (C=O) groups is 3. The monoisotopic (exact) mass is 668 g/mol. The average molecular weight is 669 g/mol. The molecule has 1 heterocycles. The van der Waals surface area contributed by atoms with Gasteiger partial charge in [-0.2, -0.15) is 0 Å². The van der Waals surface area contributed by atoms with Gasteiger partial charge in [-0.1, -0.05) is 82.9 Å². The van der Waals surface area contributed by atoms with Gasteiger partial charge < -0.3 is 30.3 Å². The molecule has 1 saturated carbocycles. The van der Waals surface area contributed by atoms with Crippen LogP contribution in [0.4, 0.5) is 4.79 Å². The summed E-state index contributed by atoms with van der Waals surface area (Å²) in [6.45, 7) is 17.3. The van der Waals surface area contributed by atoms with E-state index in [1.807, 2.05) is 51.1 Å². The molecule has 0 aromatic heterocycles. The number of nitrogens with zero attached hydrogens (tertiary/aromatic N) is 2. The van der Waals surface area contributed by atoms with Crippen molar-refractivity contribution >= 4 is 17.9 Å². The SMILES string of the molecule is C=C(CC(Cc1ccccc1)C(=O)N[C@@H](C)C(=O)NC(CC1CCCCC1)[C@@H](O)CC(C)C)N1CCC(N(C)C(=O)OC(C)(C)C)CC1. The number of allylic oxidation sites excluding steroid dienone is 1. The number of nitrogens with one attached hydrogen (secondary N) is 2. The molecular weight excluding hydrogens is 604 g/mol. The number of hydrogen-bond acceptors (Lipinski definition) is 6. The number of amides is 3. The Labute approximate surface area is 290 Å². The minimum atomic E-state index is -0.747. The summed E-state index contributed by atoms with van der Waals surface area (Å²) < 4.78 is 5.56. The number of hydrogen-bond donors (Lipinski definition) is 3. The first-order valence-electron chi connectivity index (χ1n) is 18.3. The molecule has 0 bridgehead atoms. The van der Waals surface area contributed by atoms with E-state index in [4.69, 9.17) is 4.74 Å². The van der Waals surface area contributed by atoms with Crippen LogP contribution in [0.15, 0.2) is 42.6 Å². The summed E-state index contributed by atoms with van der Waals surface area (Å²) >= 11 is 0. The highest BCUT2D eigenvalue weighted by atomic mass is 16.6. The second kappa shape index (κ2) is 18.6. The van der Waals surface area contributed by atoms with Gasteiger partial charge in [-0.25, -0.2) is 4.79 Å². The molecule has 3 N–H and O–H groups in total. The number of benzene rings is 1. The van der Waals surface area contributed by atoms with Crippen molar-refractivity contribution in [2.45, 2.75) is 142 Å². The van der Waals surface area contributed by atoms with E-state index in [1.165, 1.54) is 19.3 Å². The van der Waals surface area contributed by atoms with Crippen LogP contribution in [0.1, 0.15) is 111 Å². The van der Waals surface area contributed by atoms with Crippen molar-refractivity contribution in [2.75, 3.05) is 20.1 Å². The Kier molecular flexibility index (Phi) is 15.3. The molecule has 2 unspecified atom stereocenters. The van der Waals surface area contributed by atoms with Gasteiger partial charge in [0.1, 0.15) is 11.6 Å². The molecular formula is C39H64N4O5. The number of likely N-dealkylation sites (tertiary alicyclic amines) is 1. The van der Waals surface area contributed by atoms with Crippen LogP contribution in [0.5, 0.6) is 0 Å². The van der Waals surface area contributed by atoms with E-state index in [-0.39, 0.29) is 30.0 Å². The van der Waals surface area contributed by atoms with Gasteiger partial charge in [0.2, 0.25) is 11.8 Å². The fourth-order valence-corrected chi connectivity index (χ4v) is 7.07. The molecule has 3 rings (SSSR count). The first-order valence-corrected chi connectivity index (χ1v) is 18.3. The van der Waals surface area contributed by atoms with E-state index in [0.717, 1.165) is 56.5 Å². The van der Waals surface area contributed by atoms with Crippen molar-refractivity contribution in [1.82, 2.24) is 20.4 Å². The van der Waals surface area contributed by atoms with Crippen LogP contribution in [0.25, 0.3) is 0 Å². The predicted molar refractivity (Wildman–Crippen MR) is 192 cm³/mol. The molecule has 9 heteroatoms. The summed E-state index contributed by atoms with van der Waals surface area (Å²) in [4.78, 5) is 43.8. The topological polar surface area (TPSA) is 111 Å². The third-order valence-corrected chi connectivity index (χ3v) is 9.89. The van der Waals surface area contributed by atoms with E-state index in [0.29, 0.717) is 31.1 Å². The van der Waals surface area contributed by atoms with Crippen molar-refractivity contribution < 1.29 is 24.2 Å². The summed E-state index contributed by atoms with van der Waals surface area (Å²) in [5, 5.41) is 17.2. The Morgan fingerprint density at radius 2 is 1.60 bits per heavy atom. The molecule has 0 spiro atoms. The summed E-state index contributed by atoms with van der Waals surface area (Å²) in [5.41, 5.74) is 1.38. The lowest BCUT2D eigenvalue weighted by Crippen LogP contribution is -2.53. The fourth-order valence-electron chi connectivity index (χ4n) is 7.07. The molecule has 1 aromatic rings. The molecule has 270 valence electrons. The van der Waals surface area contributed by atoms with Crippen molar-refractivity contribution in [3.05, 3.63) is 48.2 Å². The highest BCUT2D eigenvalue weighted by molar-refractivity contribution is 5.88. The highest BCUT2D eigenvalue weighted by Crippen LogP contribution is 2.29. The molecule has 4 atom stereocenters. The van der Waals surface area contributed by atoms with E-state index >= 15 is 0 Å². The van der Waals surface area contributed by atoms with E-state index in [9.17, 15) is 19.5 Å². The second-order valence-corrected chi connectivity index (χ2v) is 15.7. The van der Waals surface area contributed by atoms with Gasteiger partial charge in [0.15, 0.2) is 0 Å². The number of rotatable bonds is 15. The van der Waals surface area contributed by atoms with Crippen molar-refractivity contribution in [1.29, 1.82) is 0 Å². The quantitative estimate of drug-likeness (QED) is 0.198. The number of piperidine rings is 1. The normalized spacial score (nSPS) is 18.8. The molecule has 9 nitrogen and oxygen atoms in total. The largest absolute Gasteiger partial charge is 0.444 e. The lowest BCUT2D eigenvalue weighted by Gasteiger charge is -2.39. The van der Waals surface area contributed by atoms with Crippen LogP contribution in [-0.2, 0) is 20.7 Å². The van der Waals surface area contributed by atoms with Gasteiger partial charge in [0, 0.05) is 37.8 Å². The Morgan fingerprint density at radius 1 is 0.979 bits per heavy atom. The highest BCUT2D eigenvalue weighted by Gasteiger charge is 2.32. The molecule has 2 aliphatic rings. The van der Waals surface area contributed by atoms with E-state index in [1.54, 1.807) is 18.9 Å². The number of carbonyl (C=O) groups excluding carboxylic acids is 3. The van der Waals surface area contributed by atoms with Crippen molar-refractivity contribution in [3.63, 3.8) is 0 Å². The first-order chi connectivity index (χ1) is 22.6. The minimum Gasteiger partial charge on any atom is -0.444 e. The lowest BCUT2D eigenvalue weighted by molar-refractivity contribution is -0.131. The molecule has 3 amide bonds.